The highest BCUT2D eigenvalue weighted by atomic mass is 35.5. The van der Waals surface area contributed by atoms with Crippen molar-refractivity contribution < 1.29 is 18.5 Å². The summed E-state index contributed by atoms with van der Waals surface area (Å²) >= 11 is 6.41. The molecule has 10 heteroatoms. The number of methoxy groups -OCH3 is 1. The Hall–Kier alpha value is -2.43. The first-order chi connectivity index (χ1) is 23.8. The summed E-state index contributed by atoms with van der Waals surface area (Å²) in [7, 11) is 6.75. The number of anilines is 1. The SMILES string of the molecule is CN1CC(C)(N(C)C)C1.COC1/C=C/CC(C)C(C)S(=O)NC(=O)c2ccc3c(c2)N(CC2CCC21)C[C@@]1(CCCc2cc(Cl)ccc21)CO3. The van der Waals surface area contributed by atoms with Gasteiger partial charge in [-0.05, 0) is 133 Å². The number of benzene rings is 2. The highest BCUT2D eigenvalue weighted by Gasteiger charge is 2.44. The fraction of sp³-hybridized carbons (Fsp3) is 0.625. The lowest BCUT2D eigenvalue weighted by Crippen LogP contribution is -2.65. The van der Waals surface area contributed by atoms with Crippen molar-refractivity contribution in [3.05, 3.63) is 70.3 Å². The van der Waals surface area contributed by atoms with Crippen molar-refractivity contribution in [1.82, 2.24) is 14.5 Å². The van der Waals surface area contributed by atoms with Gasteiger partial charge in [0.2, 0.25) is 0 Å². The lowest BCUT2D eigenvalue weighted by molar-refractivity contribution is 0.00182. The van der Waals surface area contributed by atoms with Gasteiger partial charge in [0, 0.05) is 54.8 Å². The maximum absolute atomic E-state index is 13.3. The number of carbonyl (C=O) groups is 1. The van der Waals surface area contributed by atoms with E-state index in [9.17, 15) is 9.00 Å². The number of likely N-dealkylation sites (N-methyl/N-ethyl adjacent to an activating group) is 2. The van der Waals surface area contributed by atoms with Crippen molar-refractivity contribution in [3.63, 3.8) is 0 Å². The molecule has 1 saturated carbocycles. The molecule has 1 saturated heterocycles. The molecular weight excluding hydrogens is 668 g/mol. The summed E-state index contributed by atoms with van der Waals surface area (Å²) in [6.07, 6.45) is 10.6. The monoisotopic (exact) mass is 724 g/mol. The van der Waals surface area contributed by atoms with E-state index in [-0.39, 0.29) is 28.6 Å². The van der Waals surface area contributed by atoms with Crippen LogP contribution in [0.25, 0.3) is 0 Å². The van der Waals surface area contributed by atoms with Crippen LogP contribution < -0.4 is 14.4 Å². The molecule has 50 heavy (non-hydrogen) atoms. The molecule has 5 aliphatic rings. The van der Waals surface area contributed by atoms with E-state index in [1.807, 2.05) is 25.1 Å². The minimum absolute atomic E-state index is 0.0508. The molecule has 1 spiro atoms. The molecule has 2 aromatic rings. The summed E-state index contributed by atoms with van der Waals surface area (Å²) in [4.78, 5) is 20.4. The van der Waals surface area contributed by atoms with Crippen LogP contribution in [0.1, 0.15) is 74.4 Å². The van der Waals surface area contributed by atoms with Crippen LogP contribution in [-0.2, 0) is 27.6 Å². The Morgan fingerprint density at radius 3 is 2.54 bits per heavy atom. The fourth-order valence-corrected chi connectivity index (χ4v) is 9.88. The molecule has 0 radical (unpaired) electrons. The number of aryl methyl sites for hydroxylation is 1. The standard InChI is InChI=1S/C33H41ClN2O4S.C7H16N2/c1-21-6-4-8-30(39-3)27-12-9-25(27)18-36-19-33(15-5-7-23-16-26(34)11-13-28(23)33)20-40-31-14-10-24(17-29(31)36)32(37)35-41(38)22(21)2;1-7(8(2)3)5-9(4)6-7/h4,8,10-11,13-14,16-17,21-22,25,27,30H,5-7,9,12,15,18-20H2,1-3H3,(H,35,37);5-6H2,1-4H3/b8-4+;/t21?,22?,25?,27?,30?,33-,41?;/m0./s1. The van der Waals surface area contributed by atoms with E-state index >= 15 is 0 Å². The zero-order chi connectivity index (χ0) is 35.8. The first-order valence-electron chi connectivity index (χ1n) is 18.4. The number of likely N-dealkylation sites (tertiary alicyclic amines) is 1. The lowest BCUT2D eigenvalue weighted by atomic mass is 9.68. The Morgan fingerprint density at radius 1 is 1.10 bits per heavy atom. The number of hydrogen-bond donors (Lipinski definition) is 1. The number of hydrogen-bond acceptors (Lipinski definition) is 7. The molecule has 0 aromatic heterocycles. The van der Waals surface area contributed by atoms with Gasteiger partial charge in [0.25, 0.3) is 5.91 Å². The van der Waals surface area contributed by atoms with Gasteiger partial charge in [-0.3, -0.25) is 9.52 Å². The maximum atomic E-state index is 13.3. The van der Waals surface area contributed by atoms with Crippen molar-refractivity contribution >= 4 is 34.2 Å². The van der Waals surface area contributed by atoms with E-state index < -0.39 is 11.0 Å². The Bertz CT molecular complexity index is 1590. The molecule has 274 valence electrons. The normalized spacial score (nSPS) is 32.9. The third kappa shape index (κ3) is 7.68. The van der Waals surface area contributed by atoms with Crippen molar-refractivity contribution in [3.8, 4) is 5.75 Å². The highest BCUT2D eigenvalue weighted by Crippen LogP contribution is 2.47. The van der Waals surface area contributed by atoms with Crippen LogP contribution in [0.4, 0.5) is 5.69 Å². The van der Waals surface area contributed by atoms with E-state index in [1.54, 1.807) is 13.2 Å². The minimum Gasteiger partial charge on any atom is -0.490 e. The molecule has 7 atom stereocenters. The van der Waals surface area contributed by atoms with Gasteiger partial charge in [0.05, 0.1) is 23.6 Å². The minimum atomic E-state index is -1.50. The molecule has 2 fully saturated rings. The van der Waals surface area contributed by atoms with Crippen LogP contribution in [0.3, 0.4) is 0 Å². The molecule has 2 aliphatic carbocycles. The summed E-state index contributed by atoms with van der Waals surface area (Å²) in [6.45, 7) is 11.0. The molecule has 8 nitrogen and oxygen atoms in total. The van der Waals surface area contributed by atoms with Gasteiger partial charge in [-0.25, -0.2) is 4.21 Å². The van der Waals surface area contributed by atoms with Crippen LogP contribution in [0.15, 0.2) is 48.6 Å². The smallest absolute Gasteiger partial charge is 0.263 e. The third-order valence-corrected chi connectivity index (χ3v) is 14.2. The van der Waals surface area contributed by atoms with E-state index in [0.717, 1.165) is 68.1 Å². The van der Waals surface area contributed by atoms with Crippen LogP contribution in [0, 0.1) is 17.8 Å². The predicted octanol–water partition coefficient (Wildman–Crippen LogP) is 6.48. The van der Waals surface area contributed by atoms with Crippen molar-refractivity contribution in [2.24, 2.45) is 17.8 Å². The third-order valence-electron chi connectivity index (χ3n) is 12.4. The second-order valence-electron chi connectivity index (χ2n) is 16.1. The Labute approximate surface area is 307 Å². The van der Waals surface area contributed by atoms with Crippen molar-refractivity contribution in [2.45, 2.75) is 81.6 Å². The molecular formula is C40H57ClN4O4S. The molecule has 3 aliphatic heterocycles. The van der Waals surface area contributed by atoms with Gasteiger partial charge >= 0.3 is 0 Å². The summed E-state index contributed by atoms with van der Waals surface area (Å²) in [5.41, 5.74) is 4.36. The summed E-state index contributed by atoms with van der Waals surface area (Å²) in [5, 5.41) is 0.589. The topological polar surface area (TPSA) is 74.4 Å². The molecule has 2 bridgehead atoms. The summed E-state index contributed by atoms with van der Waals surface area (Å²) in [6, 6.07) is 12.0. The highest BCUT2D eigenvalue weighted by molar-refractivity contribution is 7.84. The van der Waals surface area contributed by atoms with E-state index in [4.69, 9.17) is 21.1 Å². The number of ether oxygens (including phenoxy) is 2. The van der Waals surface area contributed by atoms with Gasteiger partial charge in [-0.2, -0.15) is 0 Å². The quantitative estimate of drug-likeness (QED) is 0.356. The number of allylic oxidation sites excluding steroid dienone is 1. The van der Waals surface area contributed by atoms with Crippen molar-refractivity contribution in [2.75, 3.05) is 65.9 Å². The Balaban J connectivity index is 0.000000419. The average Bonchev–Trinajstić information content (AvgIpc) is 3.21. The molecule has 1 amide bonds. The first kappa shape index (κ1) is 37.3. The predicted molar refractivity (Wildman–Crippen MR) is 205 cm³/mol. The first-order valence-corrected chi connectivity index (χ1v) is 20.0. The number of fused-ring (bicyclic) bond motifs is 4. The van der Waals surface area contributed by atoms with Crippen LogP contribution in [-0.4, -0.2) is 97.8 Å². The molecule has 7 rings (SSSR count). The Morgan fingerprint density at radius 2 is 1.88 bits per heavy atom. The second-order valence-corrected chi connectivity index (χ2v) is 18.1. The largest absolute Gasteiger partial charge is 0.490 e. The second kappa shape index (κ2) is 15.3. The van der Waals surface area contributed by atoms with Crippen molar-refractivity contribution in [1.29, 1.82) is 0 Å². The lowest BCUT2D eigenvalue weighted by Gasteiger charge is -2.50. The fourth-order valence-electron chi connectivity index (χ4n) is 8.66. The van der Waals surface area contributed by atoms with E-state index in [1.165, 1.54) is 24.2 Å². The van der Waals surface area contributed by atoms with Crippen LogP contribution in [0.2, 0.25) is 5.02 Å². The number of rotatable bonds is 2. The number of carbonyl (C=O) groups excluding carboxylic acids is 1. The molecule has 2 aromatic carbocycles. The maximum Gasteiger partial charge on any atom is 0.263 e. The van der Waals surface area contributed by atoms with Gasteiger partial charge in [-0.1, -0.05) is 36.7 Å². The van der Waals surface area contributed by atoms with Gasteiger partial charge in [-0.15, -0.1) is 0 Å². The number of amides is 1. The zero-order valence-corrected chi connectivity index (χ0v) is 32.6. The van der Waals surface area contributed by atoms with E-state index in [0.29, 0.717) is 29.5 Å². The summed E-state index contributed by atoms with van der Waals surface area (Å²) < 4.78 is 28.5. The zero-order valence-electron chi connectivity index (χ0n) is 31.0. The number of nitrogens with zero attached hydrogens (tertiary/aromatic N) is 3. The van der Waals surface area contributed by atoms with Gasteiger partial charge in [0.1, 0.15) is 16.7 Å². The molecule has 1 N–H and O–H groups in total. The van der Waals surface area contributed by atoms with Gasteiger partial charge < -0.3 is 24.2 Å². The number of nitrogens with one attached hydrogen (secondary N) is 1. The Kier molecular flexibility index (Phi) is 11.4. The van der Waals surface area contributed by atoms with Gasteiger partial charge in [0.15, 0.2) is 0 Å². The average molecular weight is 725 g/mol. The molecule has 3 heterocycles. The van der Waals surface area contributed by atoms with Crippen LogP contribution in [0.5, 0.6) is 5.75 Å². The summed E-state index contributed by atoms with van der Waals surface area (Å²) in [5.74, 6) is 1.53. The number of halogens is 1. The van der Waals surface area contributed by atoms with E-state index in [2.05, 4.69) is 78.7 Å². The van der Waals surface area contributed by atoms with Crippen LogP contribution >= 0.6 is 11.6 Å². The molecule has 6 unspecified atom stereocenters.